The summed E-state index contributed by atoms with van der Waals surface area (Å²) in [6.45, 7) is 2.15. The summed E-state index contributed by atoms with van der Waals surface area (Å²) in [5.41, 5.74) is 2.07. The van der Waals surface area contributed by atoms with Gasteiger partial charge in [0.2, 0.25) is 5.91 Å². The van der Waals surface area contributed by atoms with E-state index in [1.165, 1.54) is 28.7 Å². The normalized spacial score (nSPS) is 17.8. The molecule has 0 aliphatic carbocycles. The van der Waals surface area contributed by atoms with Crippen LogP contribution in [-0.2, 0) is 16.0 Å². The summed E-state index contributed by atoms with van der Waals surface area (Å²) in [4.78, 5) is 28.3. The maximum Gasteiger partial charge on any atom is 0.255 e. The molecular weight excluding hydrogens is 461 g/mol. The average molecular weight is 494 g/mol. The molecule has 2 amide bonds. The maximum atomic E-state index is 13.5. The number of halogens is 1. The van der Waals surface area contributed by atoms with Crippen molar-refractivity contribution in [2.45, 2.75) is 24.9 Å². The van der Waals surface area contributed by atoms with Crippen molar-refractivity contribution in [3.63, 3.8) is 0 Å². The van der Waals surface area contributed by atoms with E-state index in [4.69, 9.17) is 4.74 Å². The smallest absolute Gasteiger partial charge is 0.255 e. The minimum absolute atomic E-state index is 0.0543. The Hall–Kier alpha value is -3.56. The van der Waals surface area contributed by atoms with E-state index in [0.717, 1.165) is 25.9 Å². The standard InChI is InChI=1S/C27H32FN5O3/c1-31(2)26(34)19-36-18-25-14-24(17-32(25)12-11-20-7-4-3-5-8-20)33-16-23(15-29-33)30-27(35)21-9-6-10-22(28)13-21/h3-10,13,15-16,24-25H,11-12,14,17-19H2,1-2H3,(H,30,35)/t24-,25-/m0/s1. The molecule has 0 bridgehead atoms. The first kappa shape index (κ1) is 25.5. The predicted molar refractivity (Wildman–Crippen MR) is 135 cm³/mol. The van der Waals surface area contributed by atoms with Gasteiger partial charge < -0.3 is 15.0 Å². The fourth-order valence-electron chi connectivity index (χ4n) is 4.36. The van der Waals surface area contributed by atoms with E-state index < -0.39 is 5.82 Å². The molecule has 2 heterocycles. The minimum Gasteiger partial charge on any atom is -0.370 e. The summed E-state index contributed by atoms with van der Waals surface area (Å²) in [7, 11) is 3.43. The molecule has 1 aromatic heterocycles. The molecule has 1 aliphatic heterocycles. The second-order valence-corrected chi connectivity index (χ2v) is 9.25. The Morgan fingerprint density at radius 3 is 2.72 bits per heavy atom. The van der Waals surface area contributed by atoms with E-state index in [9.17, 15) is 14.0 Å². The molecule has 0 unspecified atom stereocenters. The zero-order valence-corrected chi connectivity index (χ0v) is 20.6. The summed E-state index contributed by atoms with van der Waals surface area (Å²) < 4.78 is 21.1. The Labute approximate surface area is 210 Å². The van der Waals surface area contributed by atoms with Gasteiger partial charge >= 0.3 is 0 Å². The van der Waals surface area contributed by atoms with Crippen LogP contribution < -0.4 is 5.32 Å². The monoisotopic (exact) mass is 493 g/mol. The lowest BCUT2D eigenvalue weighted by Gasteiger charge is -2.24. The Kier molecular flexibility index (Phi) is 8.45. The molecule has 2 atom stereocenters. The van der Waals surface area contributed by atoms with Crippen LogP contribution in [0.15, 0.2) is 67.0 Å². The van der Waals surface area contributed by atoms with E-state index in [1.54, 1.807) is 32.6 Å². The molecule has 0 spiro atoms. The third-order valence-corrected chi connectivity index (χ3v) is 6.39. The van der Waals surface area contributed by atoms with E-state index in [1.807, 2.05) is 22.9 Å². The zero-order chi connectivity index (χ0) is 25.5. The zero-order valence-electron chi connectivity index (χ0n) is 20.6. The summed E-state index contributed by atoms with van der Waals surface area (Å²) in [5, 5.41) is 7.27. The lowest BCUT2D eigenvalue weighted by Crippen LogP contribution is -2.36. The van der Waals surface area contributed by atoms with Crippen molar-refractivity contribution in [3.05, 3.63) is 83.9 Å². The van der Waals surface area contributed by atoms with Gasteiger partial charge in [-0.05, 0) is 36.6 Å². The first-order chi connectivity index (χ1) is 17.4. The van der Waals surface area contributed by atoms with Gasteiger partial charge in [-0.2, -0.15) is 5.10 Å². The highest BCUT2D eigenvalue weighted by molar-refractivity contribution is 6.04. The Balaban J connectivity index is 1.39. The van der Waals surface area contributed by atoms with Crippen LogP contribution in [0, 0.1) is 5.82 Å². The molecule has 0 radical (unpaired) electrons. The van der Waals surface area contributed by atoms with E-state index >= 15 is 0 Å². The number of hydrogen-bond donors (Lipinski definition) is 1. The topological polar surface area (TPSA) is 79.7 Å². The van der Waals surface area contributed by atoms with Crippen molar-refractivity contribution < 1.29 is 18.7 Å². The lowest BCUT2D eigenvalue weighted by atomic mass is 10.1. The summed E-state index contributed by atoms with van der Waals surface area (Å²) in [5.74, 6) is -0.909. The lowest BCUT2D eigenvalue weighted by molar-refractivity contribution is -0.134. The fraction of sp³-hybridized carbons (Fsp3) is 0.370. The van der Waals surface area contributed by atoms with Gasteiger partial charge in [0.1, 0.15) is 12.4 Å². The van der Waals surface area contributed by atoms with E-state index in [0.29, 0.717) is 12.3 Å². The van der Waals surface area contributed by atoms with Crippen LogP contribution >= 0.6 is 0 Å². The minimum atomic E-state index is -0.458. The summed E-state index contributed by atoms with van der Waals surface area (Å²) in [6.07, 6.45) is 5.12. The molecular formula is C27H32FN5O3. The molecule has 2 aromatic carbocycles. The first-order valence-electron chi connectivity index (χ1n) is 12.1. The molecule has 36 heavy (non-hydrogen) atoms. The third kappa shape index (κ3) is 6.77. The largest absolute Gasteiger partial charge is 0.370 e. The molecule has 3 aromatic rings. The number of rotatable bonds is 10. The van der Waals surface area contributed by atoms with Gasteiger partial charge in [0.25, 0.3) is 5.91 Å². The molecule has 9 heteroatoms. The molecule has 1 aliphatic rings. The van der Waals surface area contributed by atoms with Gasteiger partial charge in [-0.1, -0.05) is 36.4 Å². The van der Waals surface area contributed by atoms with Crippen LogP contribution in [0.3, 0.4) is 0 Å². The third-order valence-electron chi connectivity index (χ3n) is 6.39. The second kappa shape index (κ2) is 11.9. The number of aromatic nitrogens is 2. The van der Waals surface area contributed by atoms with Crippen LogP contribution in [-0.4, -0.2) is 77.8 Å². The van der Waals surface area contributed by atoms with Crippen LogP contribution in [0.2, 0.25) is 0 Å². The molecule has 1 N–H and O–H groups in total. The number of likely N-dealkylation sites (N-methyl/N-ethyl adjacent to an activating group) is 1. The van der Waals surface area contributed by atoms with Crippen molar-refractivity contribution in [1.29, 1.82) is 0 Å². The van der Waals surface area contributed by atoms with Crippen molar-refractivity contribution >= 4 is 17.5 Å². The SMILES string of the molecule is CN(C)C(=O)COC[C@@H]1C[C@H](n2cc(NC(=O)c3cccc(F)c3)cn2)CN1CCc1ccccc1. The van der Waals surface area contributed by atoms with Crippen LogP contribution in [0.5, 0.6) is 0 Å². The van der Waals surface area contributed by atoms with Crippen LogP contribution in [0.1, 0.15) is 28.4 Å². The van der Waals surface area contributed by atoms with Crippen LogP contribution in [0.25, 0.3) is 0 Å². The average Bonchev–Trinajstić information content (AvgIpc) is 3.50. The van der Waals surface area contributed by atoms with Crippen molar-refractivity contribution in [3.8, 4) is 0 Å². The highest BCUT2D eigenvalue weighted by atomic mass is 19.1. The van der Waals surface area contributed by atoms with E-state index in [-0.39, 0.29) is 36.1 Å². The van der Waals surface area contributed by atoms with Crippen molar-refractivity contribution in [2.75, 3.05) is 45.7 Å². The molecule has 4 rings (SSSR count). The van der Waals surface area contributed by atoms with E-state index in [2.05, 4.69) is 27.4 Å². The number of ether oxygens (including phenoxy) is 1. The number of anilines is 1. The highest BCUT2D eigenvalue weighted by Gasteiger charge is 2.33. The Morgan fingerprint density at radius 2 is 1.97 bits per heavy atom. The molecule has 0 saturated carbocycles. The molecule has 1 fully saturated rings. The van der Waals surface area contributed by atoms with Gasteiger partial charge in [0.05, 0.1) is 24.5 Å². The van der Waals surface area contributed by atoms with Gasteiger partial charge in [-0.3, -0.25) is 19.2 Å². The first-order valence-corrected chi connectivity index (χ1v) is 12.1. The molecule has 190 valence electrons. The number of hydrogen-bond acceptors (Lipinski definition) is 5. The van der Waals surface area contributed by atoms with Crippen molar-refractivity contribution in [1.82, 2.24) is 19.6 Å². The number of benzene rings is 2. The predicted octanol–water partition coefficient (Wildman–Crippen LogP) is 3.24. The van der Waals surface area contributed by atoms with Gasteiger partial charge in [-0.15, -0.1) is 0 Å². The number of nitrogens with zero attached hydrogens (tertiary/aromatic N) is 4. The number of carbonyl (C=O) groups is 2. The summed E-state index contributed by atoms with van der Waals surface area (Å²) in [6, 6.07) is 16.1. The molecule has 8 nitrogen and oxygen atoms in total. The fourth-order valence-corrected chi connectivity index (χ4v) is 4.36. The van der Waals surface area contributed by atoms with Gasteiger partial charge in [-0.25, -0.2) is 4.39 Å². The number of carbonyl (C=O) groups excluding carboxylic acids is 2. The summed E-state index contributed by atoms with van der Waals surface area (Å²) >= 11 is 0. The second-order valence-electron chi connectivity index (χ2n) is 9.25. The number of amides is 2. The van der Waals surface area contributed by atoms with Gasteiger partial charge in [0, 0.05) is 45.0 Å². The quantitative estimate of drug-likeness (QED) is 0.469. The Bertz CT molecular complexity index is 1170. The van der Waals surface area contributed by atoms with Crippen LogP contribution in [0.4, 0.5) is 10.1 Å². The maximum absolute atomic E-state index is 13.5. The number of likely N-dealkylation sites (tertiary alicyclic amines) is 1. The van der Waals surface area contributed by atoms with Crippen molar-refractivity contribution in [2.24, 2.45) is 0 Å². The van der Waals surface area contributed by atoms with Gasteiger partial charge in [0.15, 0.2) is 0 Å². The number of nitrogens with one attached hydrogen (secondary N) is 1. The molecule has 1 saturated heterocycles. The highest BCUT2D eigenvalue weighted by Crippen LogP contribution is 2.28. The Morgan fingerprint density at radius 1 is 1.17 bits per heavy atom.